The normalized spacial score (nSPS) is 29.4. The fourth-order valence-corrected chi connectivity index (χ4v) is 2.95. The number of benzene rings is 1. The molecule has 1 heterocycles. The predicted molar refractivity (Wildman–Crippen MR) is 70.8 cm³/mol. The second kappa shape index (κ2) is 4.98. The van der Waals surface area contributed by atoms with E-state index < -0.39 is 0 Å². The third kappa shape index (κ3) is 2.73. The first-order valence-corrected chi connectivity index (χ1v) is 6.94. The molecule has 3 rings (SSSR count). The van der Waals surface area contributed by atoms with Crippen LogP contribution in [0.15, 0.2) is 24.3 Å². The summed E-state index contributed by atoms with van der Waals surface area (Å²) in [5.41, 5.74) is 1.22. The lowest BCUT2D eigenvalue weighted by atomic mass is 10.0. The Kier molecular flexibility index (Phi) is 3.35. The smallest absolute Gasteiger partial charge is 0.123 e. The van der Waals surface area contributed by atoms with Gasteiger partial charge in [0.15, 0.2) is 0 Å². The number of nitrogens with zero attached hydrogens (tertiary/aromatic N) is 1. The molecule has 3 heteroatoms. The molecule has 1 N–H and O–H groups in total. The maximum Gasteiger partial charge on any atom is 0.123 e. The van der Waals surface area contributed by atoms with Crippen LogP contribution in [-0.4, -0.2) is 30.1 Å². The van der Waals surface area contributed by atoms with Crippen LogP contribution in [0, 0.1) is 11.7 Å². The van der Waals surface area contributed by atoms with Crippen LogP contribution >= 0.6 is 0 Å². The van der Waals surface area contributed by atoms with Crippen molar-refractivity contribution in [1.82, 2.24) is 10.2 Å². The summed E-state index contributed by atoms with van der Waals surface area (Å²) < 4.78 is 12.9. The van der Waals surface area contributed by atoms with Gasteiger partial charge in [0.2, 0.25) is 0 Å². The molecule has 2 nitrogen and oxygen atoms in total. The van der Waals surface area contributed by atoms with E-state index in [4.69, 9.17) is 0 Å². The van der Waals surface area contributed by atoms with Gasteiger partial charge in [-0.15, -0.1) is 0 Å². The van der Waals surface area contributed by atoms with Gasteiger partial charge in [-0.1, -0.05) is 12.1 Å². The molecule has 18 heavy (non-hydrogen) atoms. The number of piperazine rings is 1. The van der Waals surface area contributed by atoms with E-state index in [2.05, 4.69) is 17.1 Å². The highest BCUT2D eigenvalue weighted by molar-refractivity contribution is 5.16. The van der Waals surface area contributed by atoms with Crippen molar-refractivity contribution in [2.24, 2.45) is 5.92 Å². The molecule has 2 atom stereocenters. The van der Waals surface area contributed by atoms with Gasteiger partial charge in [0, 0.05) is 31.7 Å². The van der Waals surface area contributed by atoms with Crippen molar-refractivity contribution in [3.8, 4) is 0 Å². The quantitative estimate of drug-likeness (QED) is 0.883. The van der Waals surface area contributed by atoms with Gasteiger partial charge in [0.05, 0.1) is 0 Å². The summed E-state index contributed by atoms with van der Waals surface area (Å²) in [5.74, 6) is 0.733. The Hall–Kier alpha value is -0.930. The number of nitrogens with one attached hydrogen (secondary N) is 1. The lowest BCUT2D eigenvalue weighted by molar-refractivity contribution is 0.112. The van der Waals surface area contributed by atoms with Gasteiger partial charge in [0.25, 0.3) is 0 Å². The van der Waals surface area contributed by atoms with Crippen LogP contribution in [-0.2, 0) is 6.54 Å². The Morgan fingerprint density at radius 3 is 2.67 bits per heavy atom. The molecule has 2 aliphatic rings. The maximum atomic E-state index is 12.9. The SMILES string of the molecule is CC1CN(Cc2ccc(F)cc2)C(C2CC2)CN1. The topological polar surface area (TPSA) is 15.3 Å². The van der Waals surface area contributed by atoms with Gasteiger partial charge in [0.1, 0.15) is 5.82 Å². The third-order valence-corrected chi connectivity index (χ3v) is 4.12. The molecule has 1 aliphatic carbocycles. The van der Waals surface area contributed by atoms with E-state index in [1.54, 1.807) is 12.1 Å². The van der Waals surface area contributed by atoms with E-state index in [1.165, 1.54) is 18.4 Å². The van der Waals surface area contributed by atoms with E-state index >= 15 is 0 Å². The van der Waals surface area contributed by atoms with Crippen LogP contribution in [0.4, 0.5) is 4.39 Å². The summed E-state index contributed by atoms with van der Waals surface area (Å²) in [6, 6.07) is 8.17. The molecule has 2 fully saturated rings. The van der Waals surface area contributed by atoms with Crippen LogP contribution in [0.25, 0.3) is 0 Å². The van der Waals surface area contributed by atoms with Crippen LogP contribution in [0.3, 0.4) is 0 Å². The van der Waals surface area contributed by atoms with Crippen LogP contribution in [0.2, 0.25) is 0 Å². The Labute approximate surface area is 108 Å². The van der Waals surface area contributed by atoms with Crippen LogP contribution in [0.1, 0.15) is 25.3 Å². The average molecular weight is 248 g/mol. The number of rotatable bonds is 3. The molecule has 0 spiro atoms. The van der Waals surface area contributed by atoms with Gasteiger partial charge in [-0.25, -0.2) is 4.39 Å². The van der Waals surface area contributed by atoms with Crippen molar-refractivity contribution >= 4 is 0 Å². The molecule has 0 aromatic heterocycles. The largest absolute Gasteiger partial charge is 0.311 e. The molecule has 2 unspecified atom stereocenters. The van der Waals surface area contributed by atoms with Crippen molar-refractivity contribution in [1.29, 1.82) is 0 Å². The molecule has 1 saturated heterocycles. The first-order valence-electron chi connectivity index (χ1n) is 6.94. The van der Waals surface area contributed by atoms with Gasteiger partial charge in [-0.2, -0.15) is 0 Å². The highest BCUT2D eigenvalue weighted by Crippen LogP contribution is 2.36. The predicted octanol–water partition coefficient (Wildman–Crippen LogP) is 2.40. The first kappa shape index (κ1) is 12.1. The summed E-state index contributed by atoms with van der Waals surface area (Å²) in [7, 11) is 0. The Balaban J connectivity index is 1.69. The molecule has 0 amide bonds. The summed E-state index contributed by atoms with van der Waals surface area (Å²) in [5, 5.41) is 3.58. The van der Waals surface area contributed by atoms with E-state index in [0.29, 0.717) is 12.1 Å². The van der Waals surface area contributed by atoms with Crippen molar-refractivity contribution < 1.29 is 4.39 Å². The second-order valence-corrected chi connectivity index (χ2v) is 5.77. The van der Waals surface area contributed by atoms with Crippen molar-refractivity contribution in [3.05, 3.63) is 35.6 Å². The minimum atomic E-state index is -0.147. The average Bonchev–Trinajstić information content (AvgIpc) is 3.17. The van der Waals surface area contributed by atoms with Gasteiger partial charge in [-0.3, -0.25) is 4.90 Å². The third-order valence-electron chi connectivity index (χ3n) is 4.12. The summed E-state index contributed by atoms with van der Waals surface area (Å²) >= 11 is 0. The van der Waals surface area contributed by atoms with Gasteiger partial charge >= 0.3 is 0 Å². The van der Waals surface area contributed by atoms with Crippen molar-refractivity contribution in [3.63, 3.8) is 0 Å². The minimum absolute atomic E-state index is 0.147. The molecule has 1 saturated carbocycles. The number of hydrogen-bond acceptors (Lipinski definition) is 2. The van der Waals surface area contributed by atoms with Gasteiger partial charge in [-0.05, 0) is 43.4 Å². The maximum absolute atomic E-state index is 12.9. The fourth-order valence-electron chi connectivity index (χ4n) is 2.95. The van der Waals surface area contributed by atoms with Gasteiger partial charge < -0.3 is 5.32 Å². The zero-order valence-corrected chi connectivity index (χ0v) is 10.9. The van der Waals surface area contributed by atoms with E-state index in [-0.39, 0.29) is 5.82 Å². The summed E-state index contributed by atoms with van der Waals surface area (Å²) in [4.78, 5) is 2.58. The van der Waals surface area contributed by atoms with E-state index in [1.807, 2.05) is 12.1 Å². The highest BCUT2D eigenvalue weighted by Gasteiger charge is 2.37. The Morgan fingerprint density at radius 2 is 2.00 bits per heavy atom. The monoisotopic (exact) mass is 248 g/mol. The summed E-state index contributed by atoms with van der Waals surface area (Å²) in [6.45, 7) is 5.39. The molecule has 1 aromatic rings. The second-order valence-electron chi connectivity index (χ2n) is 5.77. The molecule has 1 aliphatic heterocycles. The van der Waals surface area contributed by atoms with Crippen molar-refractivity contribution in [2.75, 3.05) is 13.1 Å². The Morgan fingerprint density at radius 1 is 1.28 bits per heavy atom. The molecule has 0 radical (unpaired) electrons. The first-order chi connectivity index (χ1) is 8.72. The van der Waals surface area contributed by atoms with Crippen molar-refractivity contribution in [2.45, 2.75) is 38.4 Å². The summed E-state index contributed by atoms with van der Waals surface area (Å²) in [6.07, 6.45) is 2.75. The Bertz CT molecular complexity index is 399. The highest BCUT2D eigenvalue weighted by atomic mass is 19.1. The van der Waals surface area contributed by atoms with Crippen LogP contribution in [0.5, 0.6) is 0 Å². The molecular weight excluding hydrogens is 227 g/mol. The number of hydrogen-bond donors (Lipinski definition) is 1. The lowest BCUT2D eigenvalue weighted by Gasteiger charge is -2.39. The fraction of sp³-hybridized carbons (Fsp3) is 0.600. The van der Waals surface area contributed by atoms with E-state index in [9.17, 15) is 4.39 Å². The van der Waals surface area contributed by atoms with E-state index in [0.717, 1.165) is 25.6 Å². The molecular formula is C15H21FN2. The molecule has 1 aromatic carbocycles. The standard InChI is InChI=1S/C15H21FN2/c1-11-9-18(15(8-17-11)13-4-5-13)10-12-2-6-14(16)7-3-12/h2-3,6-7,11,13,15,17H,4-5,8-10H2,1H3. The molecule has 0 bridgehead atoms. The number of halogens is 1. The zero-order chi connectivity index (χ0) is 12.5. The zero-order valence-electron chi connectivity index (χ0n) is 10.9. The molecule has 98 valence electrons. The minimum Gasteiger partial charge on any atom is -0.311 e. The lowest BCUT2D eigenvalue weighted by Crippen LogP contribution is -2.55. The van der Waals surface area contributed by atoms with Crippen LogP contribution < -0.4 is 5.32 Å².